The first-order valence-corrected chi connectivity index (χ1v) is 10.2. The normalized spacial score (nSPS) is 11.5. The highest BCUT2D eigenvalue weighted by Gasteiger charge is 2.22. The molecule has 0 bridgehead atoms. The molecule has 0 saturated carbocycles. The fourth-order valence-corrected chi connectivity index (χ4v) is 3.76. The van der Waals surface area contributed by atoms with Crippen LogP contribution in [-0.2, 0) is 11.2 Å². The zero-order chi connectivity index (χ0) is 20.5. The first-order valence-electron chi connectivity index (χ1n) is 9.31. The van der Waals surface area contributed by atoms with E-state index >= 15 is 0 Å². The van der Waals surface area contributed by atoms with Crippen LogP contribution in [0, 0.1) is 0 Å². The number of halogens is 1. The second-order valence-corrected chi connectivity index (χ2v) is 7.24. The smallest absolute Gasteiger partial charge is 0.338 e. The number of hydrogen-bond acceptors (Lipinski definition) is 7. The summed E-state index contributed by atoms with van der Waals surface area (Å²) < 4.78 is 21.9. The quantitative estimate of drug-likeness (QED) is 0.482. The Labute approximate surface area is 183 Å². The minimum absolute atomic E-state index is 0. The lowest BCUT2D eigenvalue weighted by molar-refractivity contribution is 0.0214. The van der Waals surface area contributed by atoms with Gasteiger partial charge in [0, 0.05) is 17.8 Å². The summed E-state index contributed by atoms with van der Waals surface area (Å²) in [5, 5.41) is 2.03. The maximum absolute atomic E-state index is 12.9. The van der Waals surface area contributed by atoms with Crippen LogP contribution < -0.4 is 14.2 Å². The molecule has 0 aliphatic heterocycles. The van der Waals surface area contributed by atoms with Crippen molar-refractivity contribution < 1.29 is 23.7 Å². The van der Waals surface area contributed by atoms with Crippen LogP contribution in [0.1, 0.15) is 29.1 Å². The van der Waals surface area contributed by atoms with E-state index in [1.54, 1.807) is 23.5 Å². The van der Waals surface area contributed by atoms with Crippen LogP contribution in [0.3, 0.4) is 0 Å². The number of likely N-dealkylation sites (N-methyl/N-ethyl adjacent to an activating group) is 1. The predicted octanol–water partition coefficient (Wildman–Crippen LogP) is 4.31. The summed E-state index contributed by atoms with van der Waals surface area (Å²) in [6, 6.07) is 7.30. The highest BCUT2D eigenvalue weighted by molar-refractivity contribution is 7.09. The van der Waals surface area contributed by atoms with E-state index in [-0.39, 0.29) is 18.5 Å². The van der Waals surface area contributed by atoms with E-state index in [2.05, 4.69) is 24.8 Å². The molecule has 0 saturated heterocycles. The molecule has 2 aromatic rings. The van der Waals surface area contributed by atoms with Crippen molar-refractivity contribution >= 4 is 29.7 Å². The van der Waals surface area contributed by atoms with Crippen LogP contribution in [-0.4, -0.2) is 57.9 Å². The molecule has 8 heteroatoms. The van der Waals surface area contributed by atoms with Crippen molar-refractivity contribution in [2.75, 3.05) is 41.0 Å². The van der Waals surface area contributed by atoms with Crippen molar-refractivity contribution in [3.05, 3.63) is 40.1 Å². The van der Waals surface area contributed by atoms with Crippen molar-refractivity contribution in [2.24, 2.45) is 0 Å². The highest BCUT2D eigenvalue weighted by Crippen LogP contribution is 2.38. The maximum Gasteiger partial charge on any atom is 0.338 e. The lowest BCUT2D eigenvalue weighted by atomic mass is 10.1. The molecule has 0 aliphatic carbocycles. The van der Waals surface area contributed by atoms with Crippen LogP contribution in [0.25, 0.3) is 0 Å². The van der Waals surface area contributed by atoms with Crippen LogP contribution in [0.5, 0.6) is 17.2 Å². The third kappa shape index (κ3) is 6.80. The lowest BCUT2D eigenvalue weighted by Gasteiger charge is -2.25. The fourth-order valence-electron chi connectivity index (χ4n) is 2.98. The summed E-state index contributed by atoms with van der Waals surface area (Å²) in [6.07, 6.45) is 0.440. The summed E-state index contributed by atoms with van der Waals surface area (Å²) in [4.78, 5) is 16.3. The van der Waals surface area contributed by atoms with Gasteiger partial charge in [-0.3, -0.25) is 0 Å². The van der Waals surface area contributed by atoms with Crippen LogP contribution in [0.2, 0.25) is 0 Å². The van der Waals surface area contributed by atoms with Crippen LogP contribution in [0.4, 0.5) is 0 Å². The molecule has 2 rings (SSSR count). The summed E-state index contributed by atoms with van der Waals surface area (Å²) >= 11 is 1.67. The van der Waals surface area contributed by atoms with E-state index in [4.69, 9.17) is 18.9 Å². The molecule has 1 unspecified atom stereocenters. The fraction of sp³-hybridized carbons (Fsp3) is 0.476. The molecule has 0 aliphatic rings. The molecule has 0 amide bonds. The molecule has 0 spiro atoms. The molecular weight excluding hydrogens is 414 g/mol. The standard InChI is InChI=1S/C21H29NO5S.ClH/c1-6-22(7-2)14-16(13-17-9-8-10-28-17)27-21(23)15-11-18(24-3)20(26-5)19(12-15)25-4;/h8-12,16H,6-7,13-14H2,1-5H3;1H. The molecule has 29 heavy (non-hydrogen) atoms. The Hall–Kier alpha value is -1.96. The van der Waals surface area contributed by atoms with Gasteiger partial charge < -0.3 is 23.8 Å². The molecular formula is C21H30ClNO5S. The van der Waals surface area contributed by atoms with Gasteiger partial charge in [0.2, 0.25) is 5.75 Å². The summed E-state index contributed by atoms with van der Waals surface area (Å²) in [7, 11) is 4.57. The number of thiophene rings is 1. The molecule has 6 nitrogen and oxygen atoms in total. The summed E-state index contributed by atoms with van der Waals surface area (Å²) in [6.45, 7) is 6.69. The van der Waals surface area contributed by atoms with E-state index in [9.17, 15) is 4.79 Å². The molecule has 1 aromatic carbocycles. The Morgan fingerprint density at radius 2 is 1.69 bits per heavy atom. The Bertz CT molecular complexity index is 725. The SMILES string of the molecule is CCN(CC)CC(Cc1cccs1)OC(=O)c1cc(OC)c(OC)c(OC)c1.Cl. The largest absolute Gasteiger partial charge is 0.493 e. The number of nitrogens with zero attached hydrogens (tertiary/aromatic N) is 1. The van der Waals surface area contributed by atoms with E-state index in [1.165, 1.54) is 26.2 Å². The van der Waals surface area contributed by atoms with Gasteiger partial charge in [-0.2, -0.15) is 0 Å². The minimum atomic E-state index is -0.409. The van der Waals surface area contributed by atoms with Crippen molar-refractivity contribution in [2.45, 2.75) is 26.4 Å². The number of rotatable bonds is 11. The molecule has 0 radical (unpaired) electrons. The van der Waals surface area contributed by atoms with E-state index in [1.807, 2.05) is 11.4 Å². The minimum Gasteiger partial charge on any atom is -0.493 e. The summed E-state index contributed by atoms with van der Waals surface area (Å²) in [5.74, 6) is 0.882. The van der Waals surface area contributed by atoms with Crippen molar-refractivity contribution in [3.63, 3.8) is 0 Å². The van der Waals surface area contributed by atoms with Gasteiger partial charge in [0.05, 0.1) is 26.9 Å². The molecule has 1 heterocycles. The lowest BCUT2D eigenvalue weighted by Crippen LogP contribution is -2.36. The first-order chi connectivity index (χ1) is 13.6. The number of methoxy groups -OCH3 is 3. The zero-order valence-electron chi connectivity index (χ0n) is 17.6. The number of benzene rings is 1. The van der Waals surface area contributed by atoms with Crippen molar-refractivity contribution in [1.29, 1.82) is 0 Å². The third-order valence-corrected chi connectivity index (χ3v) is 5.44. The van der Waals surface area contributed by atoms with Gasteiger partial charge in [-0.1, -0.05) is 19.9 Å². The van der Waals surface area contributed by atoms with Gasteiger partial charge >= 0.3 is 5.97 Å². The van der Waals surface area contributed by atoms with Crippen LogP contribution in [0.15, 0.2) is 29.6 Å². The topological polar surface area (TPSA) is 57.2 Å². The number of ether oxygens (including phenoxy) is 4. The zero-order valence-corrected chi connectivity index (χ0v) is 19.2. The first kappa shape index (κ1) is 25.1. The second-order valence-electron chi connectivity index (χ2n) is 6.21. The number of carbonyl (C=O) groups excluding carboxylic acids is 1. The Morgan fingerprint density at radius 1 is 1.07 bits per heavy atom. The van der Waals surface area contributed by atoms with E-state index in [0.29, 0.717) is 35.8 Å². The van der Waals surface area contributed by atoms with E-state index in [0.717, 1.165) is 13.1 Å². The van der Waals surface area contributed by atoms with Gasteiger partial charge in [0.1, 0.15) is 6.10 Å². The average Bonchev–Trinajstić information content (AvgIpc) is 3.23. The highest BCUT2D eigenvalue weighted by atomic mass is 35.5. The monoisotopic (exact) mass is 443 g/mol. The van der Waals surface area contributed by atoms with Crippen LogP contribution >= 0.6 is 23.7 Å². The second kappa shape index (κ2) is 12.6. The number of hydrogen-bond donors (Lipinski definition) is 0. The van der Waals surface area contributed by atoms with Gasteiger partial charge in [-0.05, 0) is 36.7 Å². The average molecular weight is 444 g/mol. The van der Waals surface area contributed by atoms with Gasteiger partial charge in [-0.25, -0.2) is 4.79 Å². The van der Waals surface area contributed by atoms with E-state index < -0.39 is 5.97 Å². The maximum atomic E-state index is 12.9. The Balaban J connectivity index is 0.00000420. The summed E-state index contributed by atoms with van der Waals surface area (Å²) in [5.41, 5.74) is 0.366. The molecule has 0 N–H and O–H groups in total. The van der Waals surface area contributed by atoms with Gasteiger partial charge in [0.25, 0.3) is 0 Å². The number of esters is 1. The molecule has 1 atom stereocenters. The van der Waals surface area contributed by atoms with Gasteiger partial charge in [0.15, 0.2) is 11.5 Å². The molecule has 1 aromatic heterocycles. The van der Waals surface area contributed by atoms with Gasteiger partial charge in [-0.15, -0.1) is 23.7 Å². The predicted molar refractivity (Wildman–Crippen MR) is 118 cm³/mol. The van der Waals surface area contributed by atoms with Crippen molar-refractivity contribution in [1.82, 2.24) is 4.90 Å². The Morgan fingerprint density at radius 3 is 2.14 bits per heavy atom. The third-order valence-electron chi connectivity index (χ3n) is 4.54. The molecule has 0 fully saturated rings. The molecule has 162 valence electrons. The van der Waals surface area contributed by atoms with Crippen molar-refractivity contribution in [3.8, 4) is 17.2 Å². The number of carbonyl (C=O) groups is 1. The Kier molecular flexibility index (Phi) is 10.9.